The molecule has 0 saturated carbocycles. The van der Waals surface area contributed by atoms with Crippen LogP contribution in [0.2, 0.25) is 0 Å². The Kier molecular flexibility index (Phi) is 4.22. The maximum Gasteiger partial charge on any atom is 0.254 e. The molecule has 2 aliphatic heterocycles. The lowest BCUT2D eigenvalue weighted by atomic mass is 9.82. The average molecular weight is 414 g/mol. The van der Waals surface area contributed by atoms with E-state index in [9.17, 15) is 13.2 Å². The van der Waals surface area contributed by atoms with Crippen LogP contribution in [0.5, 0.6) is 0 Å². The Balaban J connectivity index is 1.38. The van der Waals surface area contributed by atoms with Gasteiger partial charge in [0.15, 0.2) is 0 Å². The van der Waals surface area contributed by atoms with E-state index in [-0.39, 0.29) is 11.9 Å². The quantitative estimate of drug-likeness (QED) is 0.662. The normalized spacial score (nSPS) is 22.6. The second-order valence-corrected chi connectivity index (χ2v) is 10.1. The van der Waals surface area contributed by atoms with Gasteiger partial charge in [-0.1, -0.05) is 18.2 Å². The Hall–Kier alpha value is -2.29. The summed E-state index contributed by atoms with van der Waals surface area (Å²) < 4.78 is 28.8. The third kappa shape index (κ3) is 2.83. The van der Waals surface area contributed by atoms with Gasteiger partial charge in [-0.3, -0.25) is 4.79 Å². The Morgan fingerprint density at radius 2 is 1.93 bits per heavy atom. The van der Waals surface area contributed by atoms with Crippen LogP contribution in [-0.4, -0.2) is 54.2 Å². The fourth-order valence-electron chi connectivity index (χ4n) is 4.11. The van der Waals surface area contributed by atoms with Crippen LogP contribution in [0, 0.1) is 5.92 Å². The molecule has 0 aliphatic carbocycles. The highest BCUT2D eigenvalue weighted by atomic mass is 32.2. The van der Waals surface area contributed by atoms with Gasteiger partial charge in [0, 0.05) is 25.2 Å². The van der Waals surface area contributed by atoms with Crippen molar-refractivity contribution in [2.24, 2.45) is 5.92 Å². The predicted octanol–water partition coefficient (Wildman–Crippen LogP) is 2.83. The number of thiazole rings is 1. The van der Waals surface area contributed by atoms with Gasteiger partial charge in [0.2, 0.25) is 10.0 Å². The molecule has 2 saturated heterocycles. The van der Waals surface area contributed by atoms with Crippen molar-refractivity contribution in [2.75, 3.05) is 19.6 Å². The van der Waals surface area contributed by atoms with Crippen LogP contribution < -0.4 is 0 Å². The zero-order chi connectivity index (χ0) is 19.3. The zero-order valence-electron chi connectivity index (χ0n) is 15.1. The van der Waals surface area contributed by atoms with E-state index >= 15 is 0 Å². The van der Waals surface area contributed by atoms with E-state index < -0.39 is 10.0 Å². The van der Waals surface area contributed by atoms with Crippen LogP contribution in [-0.2, 0) is 10.0 Å². The molecule has 3 aromatic rings. The zero-order valence-corrected chi connectivity index (χ0v) is 16.7. The SMILES string of the molecule is O=C(c1ccccc1)N1C[C@H]2CCN(S(=O)(=O)c3ccc4ncsc4c3)C[C@H]21. The summed E-state index contributed by atoms with van der Waals surface area (Å²) in [5, 5.41) is 0. The number of carbonyl (C=O) groups is 1. The standard InChI is InChI=1S/C20H19N3O3S2/c24-20(14-4-2-1-3-5-14)23-11-15-8-9-22(12-18(15)23)28(25,26)16-6-7-17-19(10-16)27-13-21-17/h1-7,10,13,15,18H,8-9,11-12H2/t15-,18-/m1/s1. The number of piperidine rings is 1. The van der Waals surface area contributed by atoms with Gasteiger partial charge in [0.1, 0.15) is 0 Å². The number of nitrogens with zero attached hydrogens (tertiary/aromatic N) is 3. The maximum absolute atomic E-state index is 13.2. The minimum Gasteiger partial charge on any atom is -0.334 e. The fraction of sp³-hybridized carbons (Fsp3) is 0.300. The van der Waals surface area contributed by atoms with Gasteiger partial charge >= 0.3 is 0 Å². The number of sulfonamides is 1. The second kappa shape index (κ2) is 6.65. The number of hydrogen-bond acceptors (Lipinski definition) is 5. The first-order valence-corrected chi connectivity index (χ1v) is 11.6. The molecule has 2 atom stereocenters. The number of amides is 1. The highest BCUT2D eigenvalue weighted by Crippen LogP contribution is 2.36. The number of fused-ring (bicyclic) bond motifs is 2. The Morgan fingerprint density at radius 3 is 2.75 bits per heavy atom. The minimum absolute atomic E-state index is 0.0211. The van der Waals surface area contributed by atoms with Crippen LogP contribution in [0.3, 0.4) is 0 Å². The van der Waals surface area contributed by atoms with Gasteiger partial charge in [-0.15, -0.1) is 11.3 Å². The van der Waals surface area contributed by atoms with E-state index in [4.69, 9.17) is 0 Å². The van der Waals surface area contributed by atoms with Gasteiger partial charge < -0.3 is 4.90 Å². The number of hydrogen-bond donors (Lipinski definition) is 0. The molecule has 0 radical (unpaired) electrons. The van der Waals surface area contributed by atoms with Crippen molar-refractivity contribution < 1.29 is 13.2 Å². The molecular weight excluding hydrogens is 394 g/mol. The highest BCUT2D eigenvalue weighted by Gasteiger charge is 2.47. The van der Waals surface area contributed by atoms with Crippen molar-refractivity contribution in [3.63, 3.8) is 0 Å². The summed E-state index contributed by atoms with van der Waals surface area (Å²) in [6.07, 6.45) is 0.783. The van der Waals surface area contributed by atoms with Crippen LogP contribution in [0.1, 0.15) is 16.8 Å². The molecule has 3 heterocycles. The molecule has 0 unspecified atom stereocenters. The van der Waals surface area contributed by atoms with Gasteiger partial charge in [0.25, 0.3) is 5.91 Å². The number of carbonyl (C=O) groups excluding carboxylic acids is 1. The third-order valence-corrected chi connectivity index (χ3v) is 8.39. The number of rotatable bonds is 3. The van der Waals surface area contributed by atoms with E-state index in [1.807, 2.05) is 23.1 Å². The topological polar surface area (TPSA) is 70.6 Å². The van der Waals surface area contributed by atoms with Crippen LogP contribution in [0.25, 0.3) is 10.2 Å². The molecule has 0 spiro atoms. The number of likely N-dealkylation sites (tertiary alicyclic amines) is 1. The minimum atomic E-state index is -3.59. The molecule has 1 aromatic heterocycles. The summed E-state index contributed by atoms with van der Waals surface area (Å²) >= 11 is 1.43. The summed E-state index contributed by atoms with van der Waals surface area (Å²) in [4.78, 5) is 19.1. The molecule has 28 heavy (non-hydrogen) atoms. The third-order valence-electron chi connectivity index (χ3n) is 5.74. The monoisotopic (exact) mass is 413 g/mol. The van der Waals surface area contributed by atoms with E-state index in [2.05, 4.69) is 4.98 Å². The smallest absolute Gasteiger partial charge is 0.254 e. The van der Waals surface area contributed by atoms with Crippen LogP contribution in [0.15, 0.2) is 58.9 Å². The lowest BCUT2D eigenvalue weighted by Gasteiger charge is -2.53. The maximum atomic E-state index is 13.2. The summed E-state index contributed by atoms with van der Waals surface area (Å²) in [7, 11) is -3.59. The fourth-order valence-corrected chi connectivity index (χ4v) is 6.40. The lowest BCUT2D eigenvalue weighted by Crippen LogP contribution is -2.66. The lowest BCUT2D eigenvalue weighted by molar-refractivity contribution is -0.0118. The average Bonchev–Trinajstić information content (AvgIpc) is 3.17. The Morgan fingerprint density at radius 1 is 1.11 bits per heavy atom. The first-order valence-electron chi connectivity index (χ1n) is 9.23. The van der Waals surface area contributed by atoms with Crippen molar-refractivity contribution in [2.45, 2.75) is 17.4 Å². The van der Waals surface area contributed by atoms with Crippen LogP contribution >= 0.6 is 11.3 Å². The molecule has 144 valence electrons. The Labute approximate surface area is 167 Å². The van der Waals surface area contributed by atoms with E-state index in [1.54, 1.807) is 35.8 Å². The Bertz CT molecular complexity index is 1140. The molecule has 8 heteroatoms. The molecular formula is C20H19N3O3S2. The number of benzene rings is 2. The first kappa shape index (κ1) is 17.8. The van der Waals surface area contributed by atoms with Crippen molar-refractivity contribution in [1.82, 2.24) is 14.2 Å². The second-order valence-electron chi connectivity index (χ2n) is 7.28. The number of aromatic nitrogens is 1. The summed E-state index contributed by atoms with van der Waals surface area (Å²) in [5.41, 5.74) is 3.17. The largest absolute Gasteiger partial charge is 0.334 e. The van der Waals surface area contributed by atoms with Crippen LogP contribution in [0.4, 0.5) is 0 Å². The van der Waals surface area contributed by atoms with Crippen molar-refractivity contribution >= 4 is 37.5 Å². The summed E-state index contributed by atoms with van der Waals surface area (Å²) in [6.45, 7) is 1.56. The molecule has 5 rings (SSSR count). The molecule has 0 bridgehead atoms. The van der Waals surface area contributed by atoms with Crippen molar-refractivity contribution in [1.29, 1.82) is 0 Å². The highest BCUT2D eigenvalue weighted by molar-refractivity contribution is 7.89. The van der Waals surface area contributed by atoms with E-state index in [1.165, 1.54) is 15.6 Å². The van der Waals surface area contributed by atoms with Crippen molar-refractivity contribution in [3.05, 3.63) is 59.6 Å². The molecule has 6 nitrogen and oxygen atoms in total. The summed E-state index contributed by atoms with van der Waals surface area (Å²) in [6, 6.07) is 14.2. The van der Waals surface area contributed by atoms with E-state index in [0.29, 0.717) is 36.0 Å². The first-order chi connectivity index (χ1) is 13.5. The molecule has 2 fully saturated rings. The van der Waals surface area contributed by atoms with Gasteiger partial charge in [-0.05, 0) is 42.7 Å². The van der Waals surface area contributed by atoms with Crippen molar-refractivity contribution in [3.8, 4) is 0 Å². The van der Waals surface area contributed by atoms with Gasteiger partial charge in [-0.25, -0.2) is 13.4 Å². The van der Waals surface area contributed by atoms with Gasteiger partial charge in [-0.2, -0.15) is 4.31 Å². The molecule has 1 amide bonds. The van der Waals surface area contributed by atoms with Gasteiger partial charge in [0.05, 0.1) is 26.7 Å². The summed E-state index contributed by atoms with van der Waals surface area (Å²) in [5.74, 6) is 0.357. The van der Waals surface area contributed by atoms with E-state index in [0.717, 1.165) is 16.6 Å². The molecule has 0 N–H and O–H groups in total. The molecule has 2 aliphatic rings. The molecule has 2 aromatic carbocycles. The predicted molar refractivity (Wildman–Crippen MR) is 108 cm³/mol.